The van der Waals surface area contributed by atoms with Crippen LogP contribution in [0.15, 0.2) is 48.5 Å². The van der Waals surface area contributed by atoms with Crippen molar-refractivity contribution in [1.82, 2.24) is 4.98 Å². The quantitative estimate of drug-likeness (QED) is 0.408. The SMILES string of the molecule is CCCOCc1cc([N+](=O)[O-])c2[nH]c(-c3ccccc3)cc2c1. The molecule has 0 spiro atoms. The molecule has 0 radical (unpaired) electrons. The number of nitro benzene ring substituents is 1. The van der Waals surface area contributed by atoms with Gasteiger partial charge in [0.25, 0.3) is 5.69 Å². The van der Waals surface area contributed by atoms with Gasteiger partial charge < -0.3 is 9.72 Å². The maximum atomic E-state index is 11.4. The maximum absolute atomic E-state index is 11.4. The molecule has 0 amide bonds. The Morgan fingerprint density at radius 2 is 1.96 bits per heavy atom. The molecule has 118 valence electrons. The lowest BCUT2D eigenvalue weighted by atomic mass is 10.1. The molecule has 3 rings (SSSR count). The van der Waals surface area contributed by atoms with E-state index in [2.05, 4.69) is 4.98 Å². The summed E-state index contributed by atoms with van der Waals surface area (Å²) in [7, 11) is 0. The van der Waals surface area contributed by atoms with Gasteiger partial charge in [0.2, 0.25) is 0 Å². The van der Waals surface area contributed by atoms with Crippen molar-refractivity contribution >= 4 is 16.6 Å². The predicted molar refractivity (Wildman–Crippen MR) is 90.3 cm³/mol. The fourth-order valence-electron chi connectivity index (χ4n) is 2.62. The van der Waals surface area contributed by atoms with Gasteiger partial charge in [0.05, 0.1) is 11.5 Å². The molecular weight excluding hydrogens is 292 g/mol. The highest BCUT2D eigenvalue weighted by Crippen LogP contribution is 2.31. The minimum Gasteiger partial charge on any atom is -0.377 e. The molecule has 0 fully saturated rings. The molecule has 0 aliphatic heterocycles. The molecular formula is C18H18N2O3. The van der Waals surface area contributed by atoms with Crippen molar-refractivity contribution in [1.29, 1.82) is 0 Å². The van der Waals surface area contributed by atoms with Gasteiger partial charge in [0.15, 0.2) is 0 Å². The number of rotatable bonds is 6. The third-order valence-corrected chi connectivity index (χ3v) is 3.67. The Hall–Kier alpha value is -2.66. The van der Waals surface area contributed by atoms with Crippen molar-refractivity contribution in [2.75, 3.05) is 6.61 Å². The van der Waals surface area contributed by atoms with Crippen LogP contribution in [0.25, 0.3) is 22.2 Å². The van der Waals surface area contributed by atoms with E-state index in [9.17, 15) is 10.1 Å². The van der Waals surface area contributed by atoms with E-state index in [1.54, 1.807) is 6.07 Å². The minimum absolute atomic E-state index is 0.0831. The zero-order chi connectivity index (χ0) is 16.2. The zero-order valence-corrected chi connectivity index (χ0v) is 12.9. The van der Waals surface area contributed by atoms with Gasteiger partial charge >= 0.3 is 0 Å². The second-order valence-electron chi connectivity index (χ2n) is 5.44. The zero-order valence-electron chi connectivity index (χ0n) is 12.9. The van der Waals surface area contributed by atoms with Crippen molar-refractivity contribution in [3.63, 3.8) is 0 Å². The number of hydrogen-bond acceptors (Lipinski definition) is 3. The number of non-ortho nitro benzene ring substituents is 1. The maximum Gasteiger partial charge on any atom is 0.293 e. The first-order chi connectivity index (χ1) is 11.2. The summed E-state index contributed by atoms with van der Waals surface area (Å²) in [4.78, 5) is 14.2. The summed E-state index contributed by atoms with van der Waals surface area (Å²) in [5.41, 5.74) is 3.32. The topological polar surface area (TPSA) is 68.2 Å². The number of ether oxygens (including phenoxy) is 1. The molecule has 3 aromatic rings. The summed E-state index contributed by atoms with van der Waals surface area (Å²) in [6.45, 7) is 3.06. The summed E-state index contributed by atoms with van der Waals surface area (Å²) in [6.07, 6.45) is 0.923. The number of nitro groups is 1. The van der Waals surface area contributed by atoms with E-state index >= 15 is 0 Å². The van der Waals surface area contributed by atoms with Crippen LogP contribution in [0.3, 0.4) is 0 Å². The van der Waals surface area contributed by atoms with Gasteiger partial charge in [-0.1, -0.05) is 37.3 Å². The highest BCUT2D eigenvalue weighted by atomic mass is 16.6. The van der Waals surface area contributed by atoms with Crippen LogP contribution in [0, 0.1) is 10.1 Å². The number of hydrogen-bond donors (Lipinski definition) is 1. The lowest BCUT2D eigenvalue weighted by molar-refractivity contribution is -0.383. The molecule has 5 heteroatoms. The number of aromatic amines is 1. The summed E-state index contributed by atoms with van der Waals surface area (Å²) >= 11 is 0. The van der Waals surface area contributed by atoms with E-state index in [1.165, 1.54) is 0 Å². The van der Waals surface area contributed by atoms with Crippen LogP contribution in [0.5, 0.6) is 0 Å². The molecule has 0 aliphatic carbocycles. The van der Waals surface area contributed by atoms with Gasteiger partial charge in [-0.2, -0.15) is 0 Å². The number of nitrogens with one attached hydrogen (secondary N) is 1. The Balaban J connectivity index is 2.05. The molecule has 23 heavy (non-hydrogen) atoms. The van der Waals surface area contributed by atoms with Crippen LogP contribution in [-0.4, -0.2) is 16.5 Å². The highest BCUT2D eigenvalue weighted by molar-refractivity contribution is 5.92. The van der Waals surface area contributed by atoms with Gasteiger partial charge in [-0.25, -0.2) is 0 Å². The molecule has 5 nitrogen and oxygen atoms in total. The highest BCUT2D eigenvalue weighted by Gasteiger charge is 2.17. The first-order valence-corrected chi connectivity index (χ1v) is 7.62. The molecule has 0 unspecified atom stereocenters. The average molecular weight is 310 g/mol. The number of benzene rings is 2. The van der Waals surface area contributed by atoms with E-state index in [0.717, 1.165) is 28.6 Å². The van der Waals surface area contributed by atoms with Crippen LogP contribution < -0.4 is 0 Å². The van der Waals surface area contributed by atoms with E-state index in [0.29, 0.717) is 18.7 Å². The Morgan fingerprint density at radius 3 is 2.65 bits per heavy atom. The molecule has 1 aromatic heterocycles. The lowest BCUT2D eigenvalue weighted by Gasteiger charge is -2.03. The summed E-state index contributed by atoms with van der Waals surface area (Å²) in [5.74, 6) is 0. The summed E-state index contributed by atoms with van der Waals surface area (Å²) in [6, 6.07) is 15.3. The largest absolute Gasteiger partial charge is 0.377 e. The fraction of sp³-hybridized carbons (Fsp3) is 0.222. The first kappa shape index (κ1) is 15.2. The van der Waals surface area contributed by atoms with E-state index in [4.69, 9.17) is 4.74 Å². The van der Waals surface area contributed by atoms with Crippen LogP contribution >= 0.6 is 0 Å². The smallest absolute Gasteiger partial charge is 0.293 e. The molecule has 0 saturated carbocycles. The summed E-state index contributed by atoms with van der Waals surface area (Å²) < 4.78 is 5.51. The van der Waals surface area contributed by atoms with Gasteiger partial charge in [0, 0.05) is 23.8 Å². The molecule has 0 bridgehead atoms. The number of aromatic nitrogens is 1. The normalized spacial score (nSPS) is 11.0. The van der Waals surface area contributed by atoms with Gasteiger partial charge in [-0.05, 0) is 29.7 Å². The van der Waals surface area contributed by atoms with Crippen LogP contribution in [0.1, 0.15) is 18.9 Å². The minimum atomic E-state index is -0.350. The van der Waals surface area contributed by atoms with E-state index in [1.807, 2.05) is 49.4 Å². The molecule has 0 saturated heterocycles. The van der Waals surface area contributed by atoms with Crippen molar-refractivity contribution < 1.29 is 9.66 Å². The van der Waals surface area contributed by atoms with Crippen LogP contribution in [-0.2, 0) is 11.3 Å². The second-order valence-corrected chi connectivity index (χ2v) is 5.44. The Bertz CT molecular complexity index is 825. The standard InChI is InChI=1S/C18H18N2O3/c1-2-8-23-12-13-9-15-11-16(14-6-4-3-5-7-14)19-18(15)17(10-13)20(21)22/h3-7,9-11,19H,2,8,12H2,1H3. The van der Waals surface area contributed by atoms with Gasteiger partial charge in [-0.15, -0.1) is 0 Å². The average Bonchev–Trinajstić information content (AvgIpc) is 2.99. The lowest BCUT2D eigenvalue weighted by Crippen LogP contribution is -1.96. The molecule has 1 heterocycles. The van der Waals surface area contributed by atoms with Gasteiger partial charge in [0.1, 0.15) is 5.52 Å². The van der Waals surface area contributed by atoms with Crippen LogP contribution in [0.4, 0.5) is 5.69 Å². The van der Waals surface area contributed by atoms with Crippen molar-refractivity contribution in [3.05, 3.63) is 64.2 Å². The summed E-state index contributed by atoms with van der Waals surface area (Å²) in [5, 5.41) is 12.2. The van der Waals surface area contributed by atoms with Crippen molar-refractivity contribution in [2.24, 2.45) is 0 Å². The second kappa shape index (κ2) is 6.62. The third-order valence-electron chi connectivity index (χ3n) is 3.67. The first-order valence-electron chi connectivity index (χ1n) is 7.62. The molecule has 2 aromatic carbocycles. The fourth-order valence-corrected chi connectivity index (χ4v) is 2.62. The number of H-pyrrole nitrogens is 1. The van der Waals surface area contributed by atoms with Gasteiger partial charge in [-0.3, -0.25) is 10.1 Å². The Kier molecular flexibility index (Phi) is 4.39. The molecule has 0 aliphatic rings. The van der Waals surface area contributed by atoms with E-state index < -0.39 is 0 Å². The molecule has 0 atom stereocenters. The Labute approximate surface area is 134 Å². The Morgan fingerprint density at radius 1 is 1.17 bits per heavy atom. The third kappa shape index (κ3) is 3.24. The van der Waals surface area contributed by atoms with Crippen molar-refractivity contribution in [2.45, 2.75) is 20.0 Å². The van der Waals surface area contributed by atoms with Crippen LogP contribution in [0.2, 0.25) is 0 Å². The monoisotopic (exact) mass is 310 g/mol. The molecule has 1 N–H and O–H groups in total. The number of fused-ring (bicyclic) bond motifs is 1. The van der Waals surface area contributed by atoms with Crippen molar-refractivity contribution in [3.8, 4) is 11.3 Å². The number of nitrogens with zero attached hydrogens (tertiary/aromatic N) is 1. The predicted octanol–water partition coefficient (Wildman–Crippen LogP) is 4.67. The van der Waals surface area contributed by atoms with E-state index in [-0.39, 0.29) is 10.6 Å².